The number of amides is 4. The van der Waals surface area contributed by atoms with Crippen molar-refractivity contribution in [1.82, 2.24) is 10.2 Å². The van der Waals surface area contributed by atoms with Gasteiger partial charge in [-0.05, 0) is 72.9 Å². The van der Waals surface area contributed by atoms with Crippen molar-refractivity contribution in [2.75, 3.05) is 18.5 Å². The van der Waals surface area contributed by atoms with E-state index >= 15 is 0 Å². The molecule has 0 aromatic heterocycles. The summed E-state index contributed by atoms with van der Waals surface area (Å²) in [4.78, 5) is 50.5. The molecule has 10 heteroatoms. The number of aryl methyl sites for hydroxylation is 1. The number of para-hydroxylation sites is 1. The molecule has 0 bridgehead atoms. The zero-order valence-electron chi connectivity index (χ0n) is 24.0. The number of urea groups is 1. The zero-order valence-corrected chi connectivity index (χ0v) is 24.0. The summed E-state index contributed by atoms with van der Waals surface area (Å²) in [6, 6.07) is 16.5. The fraction of sp³-hybridized carbons (Fsp3) is 0.212. The lowest BCUT2D eigenvalue weighted by molar-refractivity contribution is -0.127. The monoisotopic (exact) mass is 583 g/mol. The summed E-state index contributed by atoms with van der Waals surface area (Å²) in [6.45, 7) is 7.70. The molecule has 4 rings (SSSR count). The molecule has 1 saturated heterocycles. The lowest BCUT2D eigenvalue weighted by Gasteiger charge is -2.17. The van der Waals surface area contributed by atoms with E-state index < -0.39 is 30.4 Å². The van der Waals surface area contributed by atoms with Crippen LogP contribution in [0, 0.1) is 0 Å². The van der Waals surface area contributed by atoms with Crippen molar-refractivity contribution in [3.63, 3.8) is 0 Å². The van der Waals surface area contributed by atoms with Gasteiger partial charge in [-0.2, -0.15) is 0 Å². The second-order valence-electron chi connectivity index (χ2n) is 9.66. The van der Waals surface area contributed by atoms with E-state index in [0.717, 1.165) is 21.6 Å². The van der Waals surface area contributed by atoms with Crippen LogP contribution in [-0.2, 0) is 29.0 Å². The highest BCUT2D eigenvalue weighted by Gasteiger charge is 2.35. The molecule has 0 unspecified atom stereocenters. The fourth-order valence-corrected chi connectivity index (χ4v) is 4.57. The van der Waals surface area contributed by atoms with Crippen molar-refractivity contribution in [2.45, 2.75) is 33.3 Å². The van der Waals surface area contributed by atoms with Crippen LogP contribution in [-0.4, -0.2) is 47.0 Å². The first-order valence-corrected chi connectivity index (χ1v) is 13.8. The van der Waals surface area contributed by atoms with Crippen LogP contribution in [0.25, 0.3) is 6.08 Å². The highest BCUT2D eigenvalue weighted by molar-refractivity contribution is 6.16. The number of hydrogen-bond acceptors (Lipinski definition) is 6. The second-order valence-corrected chi connectivity index (χ2v) is 9.66. The Morgan fingerprint density at radius 2 is 1.77 bits per heavy atom. The van der Waals surface area contributed by atoms with Gasteiger partial charge in [0.1, 0.15) is 18.8 Å². The fourth-order valence-electron chi connectivity index (χ4n) is 4.57. The predicted octanol–water partition coefficient (Wildman–Crippen LogP) is 5.18. The van der Waals surface area contributed by atoms with Crippen molar-refractivity contribution in [1.29, 1.82) is 0 Å². The Bertz CT molecular complexity index is 1580. The summed E-state index contributed by atoms with van der Waals surface area (Å²) >= 11 is 0. The van der Waals surface area contributed by atoms with E-state index in [1.54, 1.807) is 42.5 Å². The number of allylic oxidation sites excluding steroid dienone is 1. The molecule has 0 spiro atoms. The van der Waals surface area contributed by atoms with E-state index in [-0.39, 0.29) is 17.9 Å². The Kier molecular flexibility index (Phi) is 9.95. The van der Waals surface area contributed by atoms with Crippen molar-refractivity contribution in [3.05, 3.63) is 107 Å². The minimum atomic E-state index is -1.01. The van der Waals surface area contributed by atoms with E-state index in [9.17, 15) is 19.2 Å². The molecule has 0 saturated carbocycles. The Labute approximate surface area is 249 Å². The van der Waals surface area contributed by atoms with Crippen LogP contribution in [0.3, 0.4) is 0 Å². The number of carboxylic acid groups (broad SMARTS) is 1. The van der Waals surface area contributed by atoms with Crippen LogP contribution >= 0.6 is 0 Å². The number of aromatic carboxylic acids is 1. The van der Waals surface area contributed by atoms with Gasteiger partial charge in [0.2, 0.25) is 5.91 Å². The minimum Gasteiger partial charge on any atom is -0.490 e. The van der Waals surface area contributed by atoms with Crippen LogP contribution in [0.2, 0.25) is 0 Å². The lowest BCUT2D eigenvalue weighted by atomic mass is 10.0. The zero-order chi connectivity index (χ0) is 30.9. The maximum Gasteiger partial charge on any atom is 0.335 e. The van der Waals surface area contributed by atoms with Gasteiger partial charge in [0.25, 0.3) is 5.91 Å². The summed E-state index contributed by atoms with van der Waals surface area (Å²) < 4.78 is 12.0. The molecular formula is C33H33N3O7. The largest absolute Gasteiger partial charge is 0.490 e. The molecule has 1 heterocycles. The molecule has 1 fully saturated rings. The van der Waals surface area contributed by atoms with Crippen LogP contribution < -0.4 is 20.1 Å². The van der Waals surface area contributed by atoms with Gasteiger partial charge in [0.15, 0.2) is 11.5 Å². The Morgan fingerprint density at radius 3 is 2.44 bits per heavy atom. The molecule has 3 aromatic rings. The van der Waals surface area contributed by atoms with E-state index in [0.29, 0.717) is 42.2 Å². The summed E-state index contributed by atoms with van der Waals surface area (Å²) in [5.41, 5.74) is 3.85. The van der Waals surface area contributed by atoms with E-state index in [2.05, 4.69) is 17.2 Å². The van der Waals surface area contributed by atoms with Crippen molar-refractivity contribution >= 4 is 35.6 Å². The van der Waals surface area contributed by atoms with Gasteiger partial charge in [-0.3, -0.25) is 9.59 Å². The van der Waals surface area contributed by atoms with E-state index in [4.69, 9.17) is 14.6 Å². The van der Waals surface area contributed by atoms with Gasteiger partial charge in [-0.15, -0.1) is 6.58 Å². The first-order valence-electron chi connectivity index (χ1n) is 13.8. The quantitative estimate of drug-likeness (QED) is 0.143. The van der Waals surface area contributed by atoms with Crippen molar-refractivity contribution in [3.8, 4) is 11.5 Å². The van der Waals surface area contributed by atoms with Gasteiger partial charge >= 0.3 is 12.0 Å². The normalized spacial score (nSPS) is 13.5. The number of anilines is 1. The maximum absolute atomic E-state index is 13.1. The summed E-state index contributed by atoms with van der Waals surface area (Å²) in [6.07, 6.45) is 4.37. The lowest BCUT2D eigenvalue weighted by Crippen LogP contribution is -2.38. The molecule has 1 aliphatic rings. The van der Waals surface area contributed by atoms with Gasteiger partial charge < -0.3 is 25.2 Å². The molecule has 43 heavy (non-hydrogen) atoms. The summed E-state index contributed by atoms with van der Waals surface area (Å²) in [7, 11) is 0. The van der Waals surface area contributed by atoms with Gasteiger partial charge in [-0.1, -0.05) is 43.3 Å². The standard InChI is InChI=1S/C33H33N3O7/c1-4-9-25-16-22(18-28(42-6-3)30(25)43-20-21-12-14-24(15-13-21)32(39)40)17-27-31(38)36(33(41)35-27)19-29(37)34-26-11-8-7-10-23(26)5-2/h4,7-8,10-18H,1,5-6,9,19-20H2,2-3H3,(H,34,37)(H,35,41)(H,39,40)/b27-17+. The number of carbonyl (C=O) groups excluding carboxylic acids is 3. The van der Waals surface area contributed by atoms with Crippen LogP contribution in [0.1, 0.15) is 46.5 Å². The molecule has 0 aliphatic carbocycles. The number of nitrogens with one attached hydrogen (secondary N) is 2. The van der Waals surface area contributed by atoms with Crippen LogP contribution in [0.5, 0.6) is 11.5 Å². The molecule has 3 aromatic carbocycles. The van der Waals surface area contributed by atoms with Crippen molar-refractivity contribution < 1.29 is 33.8 Å². The Hall–Kier alpha value is -5.38. The SMILES string of the molecule is C=CCc1cc(/C=C2/NC(=O)N(CC(=O)Nc3ccccc3CC)C2=O)cc(OCC)c1OCc1ccc(C(=O)O)cc1. The molecular weight excluding hydrogens is 550 g/mol. The van der Waals surface area contributed by atoms with E-state index in [1.165, 1.54) is 18.2 Å². The van der Waals surface area contributed by atoms with Crippen LogP contribution in [0.15, 0.2) is 79.0 Å². The Morgan fingerprint density at radius 1 is 1.02 bits per heavy atom. The van der Waals surface area contributed by atoms with Gasteiger partial charge in [-0.25, -0.2) is 14.5 Å². The highest BCUT2D eigenvalue weighted by Crippen LogP contribution is 2.35. The third-order valence-corrected chi connectivity index (χ3v) is 6.65. The third kappa shape index (κ3) is 7.48. The number of imide groups is 1. The molecule has 0 radical (unpaired) electrons. The average molecular weight is 584 g/mol. The van der Waals surface area contributed by atoms with Gasteiger partial charge in [0, 0.05) is 11.3 Å². The molecule has 1 aliphatic heterocycles. The minimum absolute atomic E-state index is 0.0194. The number of benzene rings is 3. The predicted molar refractivity (Wildman–Crippen MR) is 162 cm³/mol. The number of rotatable bonds is 13. The number of carbonyl (C=O) groups is 4. The highest BCUT2D eigenvalue weighted by atomic mass is 16.5. The van der Waals surface area contributed by atoms with Crippen molar-refractivity contribution in [2.24, 2.45) is 0 Å². The average Bonchev–Trinajstić information content (AvgIpc) is 3.24. The molecule has 4 amide bonds. The van der Waals surface area contributed by atoms with Crippen LogP contribution in [0.4, 0.5) is 10.5 Å². The molecule has 3 N–H and O–H groups in total. The maximum atomic E-state index is 13.1. The second kappa shape index (κ2) is 14.0. The summed E-state index contributed by atoms with van der Waals surface area (Å²) in [5.74, 6) is -1.21. The Balaban J connectivity index is 1.54. The smallest absolute Gasteiger partial charge is 0.335 e. The molecule has 0 atom stereocenters. The molecule has 222 valence electrons. The van der Waals surface area contributed by atoms with E-state index in [1.807, 2.05) is 26.0 Å². The topological polar surface area (TPSA) is 134 Å². The number of carboxylic acids is 1. The first kappa shape index (κ1) is 30.6. The number of ether oxygens (including phenoxy) is 2. The number of nitrogens with zero attached hydrogens (tertiary/aromatic N) is 1. The summed E-state index contributed by atoms with van der Waals surface area (Å²) in [5, 5.41) is 14.5. The number of hydrogen-bond donors (Lipinski definition) is 3. The van der Waals surface area contributed by atoms with Gasteiger partial charge in [0.05, 0.1) is 12.2 Å². The molecule has 10 nitrogen and oxygen atoms in total. The third-order valence-electron chi connectivity index (χ3n) is 6.65. The first-order chi connectivity index (χ1) is 20.7.